The molecule has 1 amide bonds. The fourth-order valence-corrected chi connectivity index (χ4v) is 4.24. The van der Waals surface area contributed by atoms with Gasteiger partial charge in [-0.2, -0.15) is 0 Å². The van der Waals surface area contributed by atoms with Crippen LogP contribution < -0.4 is 9.84 Å². The minimum absolute atomic E-state index is 0.0308. The Labute approximate surface area is 182 Å². The van der Waals surface area contributed by atoms with Crippen LogP contribution in [0.2, 0.25) is 0 Å². The Morgan fingerprint density at radius 3 is 2.23 bits per heavy atom. The van der Waals surface area contributed by atoms with Gasteiger partial charge < -0.3 is 19.3 Å². The topological polar surface area (TPSA) is 100 Å². The van der Waals surface area contributed by atoms with E-state index in [0.29, 0.717) is 5.75 Å². The SMILES string of the molecule is CCOC(=O)[C@H](CC)OP(=O)(CCNC(=O)OCc1ccccc1)Oc1ccccc1. The molecular formula is C22H28NO7P. The molecule has 0 aliphatic carbocycles. The Bertz CT molecular complexity index is 861. The number of rotatable bonds is 12. The lowest BCUT2D eigenvalue weighted by molar-refractivity contribution is -0.151. The van der Waals surface area contributed by atoms with Crippen LogP contribution in [0.4, 0.5) is 4.79 Å². The maximum Gasteiger partial charge on any atom is 0.407 e. The van der Waals surface area contributed by atoms with E-state index in [4.69, 9.17) is 18.5 Å². The highest BCUT2D eigenvalue weighted by atomic mass is 31.2. The summed E-state index contributed by atoms with van der Waals surface area (Å²) in [4.78, 5) is 24.0. The van der Waals surface area contributed by atoms with Crippen LogP contribution in [-0.4, -0.2) is 37.5 Å². The molecule has 0 aliphatic rings. The Morgan fingerprint density at radius 1 is 0.968 bits per heavy atom. The van der Waals surface area contributed by atoms with Crippen molar-refractivity contribution in [2.75, 3.05) is 19.3 Å². The van der Waals surface area contributed by atoms with Gasteiger partial charge in [-0.05, 0) is 31.0 Å². The standard InChI is InChI=1S/C22H28NO7P/c1-3-20(21(24)27-4-2)30-31(26,29-19-13-9-6-10-14-19)16-15-23-22(25)28-17-18-11-7-5-8-12-18/h5-14,20H,3-4,15-17H2,1-2H3,(H,23,25)/t20-,31?/m0/s1. The minimum atomic E-state index is -3.80. The van der Waals surface area contributed by atoms with Crippen LogP contribution in [0.25, 0.3) is 0 Å². The third-order valence-electron chi connectivity index (χ3n) is 4.06. The van der Waals surface area contributed by atoms with E-state index in [1.54, 1.807) is 44.2 Å². The van der Waals surface area contributed by atoms with E-state index in [1.165, 1.54) is 0 Å². The molecule has 0 fully saturated rings. The van der Waals surface area contributed by atoms with Gasteiger partial charge in [-0.1, -0.05) is 55.5 Å². The highest BCUT2D eigenvalue weighted by Gasteiger charge is 2.33. The summed E-state index contributed by atoms with van der Waals surface area (Å²) in [5, 5.41) is 2.53. The summed E-state index contributed by atoms with van der Waals surface area (Å²) in [7, 11) is -3.80. The molecule has 31 heavy (non-hydrogen) atoms. The van der Waals surface area contributed by atoms with E-state index in [0.717, 1.165) is 5.56 Å². The highest BCUT2D eigenvalue weighted by Crippen LogP contribution is 2.49. The number of amides is 1. The number of hydrogen-bond donors (Lipinski definition) is 1. The molecule has 1 unspecified atom stereocenters. The van der Waals surface area contributed by atoms with E-state index in [9.17, 15) is 14.2 Å². The monoisotopic (exact) mass is 449 g/mol. The lowest BCUT2D eigenvalue weighted by Crippen LogP contribution is -2.30. The Hall–Kier alpha value is -2.83. The second-order valence-corrected chi connectivity index (χ2v) is 8.54. The van der Waals surface area contributed by atoms with E-state index < -0.39 is 25.8 Å². The number of alkyl carbamates (subject to hydrolysis) is 1. The van der Waals surface area contributed by atoms with Crippen LogP contribution in [0.5, 0.6) is 5.75 Å². The quantitative estimate of drug-likeness (QED) is 0.375. The van der Waals surface area contributed by atoms with Gasteiger partial charge in [-0.3, -0.25) is 4.52 Å². The lowest BCUT2D eigenvalue weighted by Gasteiger charge is -2.23. The van der Waals surface area contributed by atoms with E-state index in [2.05, 4.69) is 5.32 Å². The predicted octanol–water partition coefficient (Wildman–Crippen LogP) is 4.54. The zero-order valence-corrected chi connectivity index (χ0v) is 18.6. The van der Waals surface area contributed by atoms with Crippen LogP contribution in [0, 0.1) is 0 Å². The van der Waals surface area contributed by atoms with Crippen molar-refractivity contribution in [3.05, 3.63) is 66.2 Å². The predicted molar refractivity (Wildman–Crippen MR) is 116 cm³/mol. The van der Waals surface area contributed by atoms with Crippen molar-refractivity contribution in [1.29, 1.82) is 0 Å². The van der Waals surface area contributed by atoms with Crippen molar-refractivity contribution in [2.24, 2.45) is 0 Å². The molecule has 0 aromatic heterocycles. The molecule has 0 bridgehead atoms. The fourth-order valence-electron chi connectivity index (χ4n) is 2.54. The zero-order chi connectivity index (χ0) is 22.5. The summed E-state index contributed by atoms with van der Waals surface area (Å²) in [5.41, 5.74) is 0.847. The molecule has 2 atom stereocenters. The van der Waals surface area contributed by atoms with Crippen molar-refractivity contribution in [1.82, 2.24) is 5.32 Å². The van der Waals surface area contributed by atoms with Crippen molar-refractivity contribution >= 4 is 19.7 Å². The molecule has 0 radical (unpaired) electrons. The molecular weight excluding hydrogens is 421 g/mol. The summed E-state index contributed by atoms with van der Waals surface area (Å²) in [6.45, 7) is 3.65. The second-order valence-electron chi connectivity index (χ2n) is 6.48. The number of ether oxygens (including phenoxy) is 2. The third-order valence-corrected chi connectivity index (χ3v) is 5.90. The summed E-state index contributed by atoms with van der Waals surface area (Å²) < 4.78 is 34.7. The van der Waals surface area contributed by atoms with Crippen LogP contribution in [0.15, 0.2) is 60.7 Å². The minimum Gasteiger partial charge on any atom is -0.464 e. The van der Waals surface area contributed by atoms with E-state index >= 15 is 0 Å². The van der Waals surface area contributed by atoms with Crippen LogP contribution >= 0.6 is 7.60 Å². The number of nitrogens with one attached hydrogen (secondary N) is 1. The number of hydrogen-bond acceptors (Lipinski definition) is 7. The summed E-state index contributed by atoms with van der Waals surface area (Å²) >= 11 is 0. The number of esters is 1. The Morgan fingerprint density at radius 2 is 1.61 bits per heavy atom. The van der Waals surface area contributed by atoms with Gasteiger partial charge in [-0.25, -0.2) is 14.2 Å². The van der Waals surface area contributed by atoms with Crippen molar-refractivity contribution in [3.63, 3.8) is 0 Å². The Kier molecular flexibility index (Phi) is 10.1. The molecule has 2 aromatic rings. The number of para-hydroxylation sites is 1. The highest BCUT2D eigenvalue weighted by molar-refractivity contribution is 7.54. The van der Waals surface area contributed by atoms with Gasteiger partial charge in [0.05, 0.1) is 12.8 Å². The van der Waals surface area contributed by atoms with Crippen molar-refractivity contribution in [3.8, 4) is 5.75 Å². The zero-order valence-electron chi connectivity index (χ0n) is 17.7. The maximum absolute atomic E-state index is 13.4. The maximum atomic E-state index is 13.4. The first-order valence-electron chi connectivity index (χ1n) is 10.1. The summed E-state index contributed by atoms with van der Waals surface area (Å²) in [6, 6.07) is 17.7. The second kappa shape index (κ2) is 12.8. The average Bonchev–Trinajstić information content (AvgIpc) is 2.77. The molecule has 0 saturated heterocycles. The van der Waals surface area contributed by atoms with Crippen LogP contribution in [0.1, 0.15) is 25.8 Å². The van der Waals surface area contributed by atoms with Gasteiger partial charge in [0.25, 0.3) is 0 Å². The third kappa shape index (κ3) is 8.82. The first kappa shape index (κ1) is 24.4. The first-order valence-corrected chi connectivity index (χ1v) is 11.8. The number of carbonyl (C=O) groups excluding carboxylic acids is 2. The molecule has 8 nitrogen and oxygen atoms in total. The number of carbonyl (C=O) groups is 2. The smallest absolute Gasteiger partial charge is 0.407 e. The molecule has 0 saturated carbocycles. The van der Waals surface area contributed by atoms with Crippen molar-refractivity contribution < 1.29 is 32.7 Å². The van der Waals surface area contributed by atoms with Gasteiger partial charge in [0.2, 0.25) is 0 Å². The fraction of sp³-hybridized carbons (Fsp3) is 0.364. The largest absolute Gasteiger partial charge is 0.464 e. The van der Waals surface area contributed by atoms with Gasteiger partial charge in [-0.15, -0.1) is 0 Å². The molecule has 2 aromatic carbocycles. The molecule has 168 valence electrons. The molecule has 0 spiro atoms. The molecule has 0 aliphatic heterocycles. The van der Waals surface area contributed by atoms with Crippen LogP contribution in [-0.2, 0) is 30.0 Å². The van der Waals surface area contributed by atoms with Gasteiger partial charge in [0, 0.05) is 6.54 Å². The lowest BCUT2D eigenvalue weighted by atomic mass is 10.2. The van der Waals surface area contributed by atoms with Crippen LogP contribution in [0.3, 0.4) is 0 Å². The summed E-state index contributed by atoms with van der Waals surface area (Å²) in [5.74, 6) is -0.284. The molecule has 0 heterocycles. The Balaban J connectivity index is 1.96. The first-order chi connectivity index (χ1) is 15.0. The van der Waals surface area contributed by atoms with E-state index in [-0.39, 0.29) is 32.3 Å². The van der Waals surface area contributed by atoms with Crippen molar-refractivity contribution in [2.45, 2.75) is 33.0 Å². The van der Waals surface area contributed by atoms with E-state index in [1.807, 2.05) is 30.3 Å². The normalized spacial score (nSPS) is 13.5. The van der Waals surface area contributed by atoms with Gasteiger partial charge in [0.1, 0.15) is 12.4 Å². The van der Waals surface area contributed by atoms with Gasteiger partial charge >= 0.3 is 19.7 Å². The molecule has 9 heteroatoms. The average molecular weight is 449 g/mol. The molecule has 1 N–H and O–H groups in total. The summed E-state index contributed by atoms with van der Waals surface area (Å²) in [6.07, 6.45) is -1.60. The molecule has 2 rings (SSSR count). The van der Waals surface area contributed by atoms with Gasteiger partial charge in [0.15, 0.2) is 6.10 Å². The number of benzene rings is 2.